The van der Waals surface area contributed by atoms with Crippen molar-refractivity contribution >= 4 is 5.69 Å². The first-order valence-electron chi connectivity index (χ1n) is 8.65. The van der Waals surface area contributed by atoms with Gasteiger partial charge in [0.2, 0.25) is 0 Å². The van der Waals surface area contributed by atoms with E-state index in [1.165, 1.54) is 17.7 Å². The third kappa shape index (κ3) is 3.79. The largest absolute Gasteiger partial charge is 0.365 e. The Hall–Kier alpha value is -1.02. The van der Waals surface area contributed by atoms with Crippen molar-refractivity contribution in [1.82, 2.24) is 5.32 Å². The van der Waals surface area contributed by atoms with Gasteiger partial charge in [-0.2, -0.15) is 0 Å². The minimum atomic E-state index is 0.595. The Morgan fingerprint density at radius 1 is 1.14 bits per heavy atom. The second-order valence-corrected chi connectivity index (χ2v) is 6.88. The van der Waals surface area contributed by atoms with Crippen LogP contribution in [0, 0.1) is 11.8 Å². The van der Waals surface area contributed by atoms with Crippen LogP contribution in [0.25, 0.3) is 0 Å². The molecule has 0 spiro atoms. The van der Waals surface area contributed by atoms with Crippen molar-refractivity contribution in [3.63, 3.8) is 0 Å². The van der Waals surface area contributed by atoms with E-state index in [9.17, 15) is 0 Å². The lowest BCUT2D eigenvalue weighted by molar-refractivity contribution is 0.281. The topological polar surface area (TPSA) is 15.3 Å². The van der Waals surface area contributed by atoms with Crippen molar-refractivity contribution in [3.8, 4) is 0 Å². The minimum Gasteiger partial charge on any atom is -0.365 e. The van der Waals surface area contributed by atoms with Gasteiger partial charge in [0.1, 0.15) is 0 Å². The summed E-state index contributed by atoms with van der Waals surface area (Å²) in [6.07, 6.45) is 2.36. The number of benzene rings is 1. The molecule has 0 aliphatic carbocycles. The Kier molecular flexibility index (Phi) is 5.69. The van der Waals surface area contributed by atoms with E-state index in [0.717, 1.165) is 25.4 Å². The zero-order valence-corrected chi connectivity index (χ0v) is 14.4. The molecule has 2 rings (SSSR count). The van der Waals surface area contributed by atoms with E-state index in [0.29, 0.717) is 18.0 Å². The Morgan fingerprint density at radius 3 is 2.33 bits per heavy atom. The number of aryl methyl sites for hydroxylation is 1. The van der Waals surface area contributed by atoms with Crippen LogP contribution in [0.5, 0.6) is 0 Å². The van der Waals surface area contributed by atoms with Gasteiger partial charge in [0, 0.05) is 30.9 Å². The van der Waals surface area contributed by atoms with Crippen LogP contribution in [0.1, 0.15) is 46.6 Å². The normalized spacial score (nSPS) is 24.4. The molecule has 0 radical (unpaired) electrons. The maximum absolute atomic E-state index is 3.78. The smallest absolute Gasteiger partial charge is 0.0438 e. The molecule has 0 aromatic heterocycles. The molecule has 0 bridgehead atoms. The summed E-state index contributed by atoms with van der Waals surface area (Å²) in [7, 11) is 0. The van der Waals surface area contributed by atoms with Gasteiger partial charge < -0.3 is 10.2 Å². The van der Waals surface area contributed by atoms with E-state index in [1.54, 1.807) is 0 Å². The van der Waals surface area contributed by atoms with Crippen molar-refractivity contribution in [3.05, 3.63) is 29.8 Å². The van der Waals surface area contributed by atoms with Gasteiger partial charge in [0.25, 0.3) is 0 Å². The standard InChI is InChI=1S/C19H32N2/c1-6-15(5)18-13-21(19(12-20-18)14(3)4)17-10-8-16(7-2)9-11-17/h8-11,14-15,18-20H,6-7,12-13H2,1-5H3. The lowest BCUT2D eigenvalue weighted by atomic mass is 9.91. The van der Waals surface area contributed by atoms with Crippen LogP contribution in [0.15, 0.2) is 24.3 Å². The summed E-state index contributed by atoms with van der Waals surface area (Å²) < 4.78 is 0. The van der Waals surface area contributed by atoms with E-state index >= 15 is 0 Å². The second-order valence-electron chi connectivity index (χ2n) is 6.88. The fraction of sp³-hybridized carbons (Fsp3) is 0.684. The molecular weight excluding hydrogens is 256 g/mol. The number of rotatable bonds is 5. The quantitative estimate of drug-likeness (QED) is 0.877. The van der Waals surface area contributed by atoms with Gasteiger partial charge in [0.15, 0.2) is 0 Å². The third-order valence-electron chi connectivity index (χ3n) is 5.16. The van der Waals surface area contributed by atoms with Gasteiger partial charge in [-0.15, -0.1) is 0 Å². The average Bonchev–Trinajstić information content (AvgIpc) is 2.53. The molecule has 1 N–H and O–H groups in total. The number of nitrogens with one attached hydrogen (secondary N) is 1. The molecule has 0 amide bonds. The van der Waals surface area contributed by atoms with Gasteiger partial charge in [-0.25, -0.2) is 0 Å². The van der Waals surface area contributed by atoms with Crippen LogP contribution >= 0.6 is 0 Å². The van der Waals surface area contributed by atoms with E-state index in [4.69, 9.17) is 0 Å². The van der Waals surface area contributed by atoms with E-state index in [2.05, 4.69) is 69.1 Å². The molecule has 1 heterocycles. The average molecular weight is 288 g/mol. The van der Waals surface area contributed by atoms with Crippen molar-refractivity contribution in [2.45, 2.75) is 59.5 Å². The van der Waals surface area contributed by atoms with Crippen LogP contribution in [0.4, 0.5) is 5.69 Å². The Balaban J connectivity index is 2.20. The number of nitrogens with zero attached hydrogens (tertiary/aromatic N) is 1. The molecule has 1 aromatic carbocycles. The molecular formula is C19H32N2. The number of hydrogen-bond acceptors (Lipinski definition) is 2. The summed E-state index contributed by atoms with van der Waals surface area (Å²) in [5.74, 6) is 1.40. The molecule has 0 saturated carbocycles. The van der Waals surface area contributed by atoms with Crippen LogP contribution in [-0.2, 0) is 6.42 Å². The zero-order valence-electron chi connectivity index (χ0n) is 14.4. The van der Waals surface area contributed by atoms with Crippen molar-refractivity contribution < 1.29 is 0 Å². The summed E-state index contributed by atoms with van der Waals surface area (Å²) in [5, 5.41) is 3.78. The number of piperazine rings is 1. The molecule has 1 aliphatic heterocycles. The van der Waals surface area contributed by atoms with Crippen LogP contribution in [-0.4, -0.2) is 25.2 Å². The van der Waals surface area contributed by atoms with E-state index in [-0.39, 0.29) is 0 Å². The van der Waals surface area contributed by atoms with Crippen molar-refractivity contribution in [1.29, 1.82) is 0 Å². The SMILES string of the molecule is CCc1ccc(N2CC(C(C)CC)NCC2C(C)C)cc1. The highest BCUT2D eigenvalue weighted by Crippen LogP contribution is 2.26. The molecule has 3 unspecified atom stereocenters. The summed E-state index contributed by atoms with van der Waals surface area (Å²) in [5.41, 5.74) is 2.81. The van der Waals surface area contributed by atoms with Crippen molar-refractivity contribution in [2.75, 3.05) is 18.0 Å². The predicted molar refractivity (Wildman–Crippen MR) is 93.0 cm³/mol. The highest BCUT2D eigenvalue weighted by molar-refractivity contribution is 5.49. The first kappa shape index (κ1) is 16.4. The first-order valence-corrected chi connectivity index (χ1v) is 8.65. The molecule has 118 valence electrons. The van der Waals surface area contributed by atoms with Crippen LogP contribution < -0.4 is 10.2 Å². The molecule has 1 aromatic rings. The van der Waals surface area contributed by atoms with Gasteiger partial charge in [0.05, 0.1) is 0 Å². The fourth-order valence-corrected chi connectivity index (χ4v) is 3.28. The maximum Gasteiger partial charge on any atom is 0.0438 e. The Morgan fingerprint density at radius 2 is 1.81 bits per heavy atom. The molecule has 1 fully saturated rings. The van der Waals surface area contributed by atoms with E-state index in [1.807, 2.05) is 0 Å². The second kappa shape index (κ2) is 7.31. The van der Waals surface area contributed by atoms with Gasteiger partial charge in [-0.05, 0) is 36.0 Å². The Labute approximate surface area is 130 Å². The van der Waals surface area contributed by atoms with Crippen LogP contribution in [0.2, 0.25) is 0 Å². The monoisotopic (exact) mass is 288 g/mol. The molecule has 21 heavy (non-hydrogen) atoms. The lowest BCUT2D eigenvalue weighted by Gasteiger charge is -2.45. The fourth-order valence-electron chi connectivity index (χ4n) is 3.28. The van der Waals surface area contributed by atoms with Gasteiger partial charge in [-0.1, -0.05) is 53.2 Å². The summed E-state index contributed by atoms with van der Waals surface area (Å²) in [6, 6.07) is 10.4. The molecule has 1 aliphatic rings. The van der Waals surface area contributed by atoms with Crippen LogP contribution in [0.3, 0.4) is 0 Å². The number of hydrogen-bond donors (Lipinski definition) is 1. The zero-order chi connectivity index (χ0) is 15.4. The third-order valence-corrected chi connectivity index (χ3v) is 5.16. The maximum atomic E-state index is 3.78. The molecule has 3 atom stereocenters. The highest BCUT2D eigenvalue weighted by Gasteiger charge is 2.31. The summed E-state index contributed by atoms with van der Waals surface area (Å²) in [6.45, 7) is 13.8. The minimum absolute atomic E-state index is 0.595. The van der Waals surface area contributed by atoms with E-state index < -0.39 is 0 Å². The molecule has 2 heteroatoms. The van der Waals surface area contributed by atoms with Gasteiger partial charge >= 0.3 is 0 Å². The first-order chi connectivity index (χ1) is 10.1. The summed E-state index contributed by atoms with van der Waals surface area (Å²) in [4.78, 5) is 2.64. The van der Waals surface area contributed by atoms with Gasteiger partial charge in [-0.3, -0.25) is 0 Å². The Bertz CT molecular complexity index is 424. The predicted octanol–water partition coefficient (Wildman–Crippen LogP) is 4.10. The highest BCUT2D eigenvalue weighted by atomic mass is 15.2. The summed E-state index contributed by atoms with van der Waals surface area (Å²) >= 11 is 0. The molecule has 2 nitrogen and oxygen atoms in total. The lowest BCUT2D eigenvalue weighted by Crippen LogP contribution is -2.60. The van der Waals surface area contributed by atoms with Crippen molar-refractivity contribution in [2.24, 2.45) is 11.8 Å². The number of anilines is 1. The molecule has 1 saturated heterocycles.